The molecule has 0 bridgehead atoms. The number of Topliss-reactive ketones (excluding diaryl/α,β-unsaturated/α-hetero) is 1. The topological polar surface area (TPSA) is 161 Å². The maximum absolute atomic E-state index is 12.8. The van der Waals surface area contributed by atoms with Crippen molar-refractivity contribution in [3.8, 4) is 0 Å². The van der Waals surface area contributed by atoms with Crippen molar-refractivity contribution in [2.75, 3.05) is 58.4 Å². The summed E-state index contributed by atoms with van der Waals surface area (Å²) in [6, 6.07) is 2.95. The highest BCUT2D eigenvalue weighted by atomic mass is 32.2. The number of ether oxygens (including phenoxy) is 1. The van der Waals surface area contributed by atoms with Gasteiger partial charge in [0, 0.05) is 39.5 Å². The second-order valence-corrected chi connectivity index (χ2v) is 10.3. The smallest absolute Gasteiger partial charge is 0.330 e. The zero-order valence-corrected chi connectivity index (χ0v) is 19.9. The van der Waals surface area contributed by atoms with Crippen LogP contribution in [0.2, 0.25) is 0 Å². The minimum absolute atomic E-state index is 0.0774. The van der Waals surface area contributed by atoms with Crippen LogP contribution in [0.4, 0.5) is 5.82 Å². The van der Waals surface area contributed by atoms with E-state index in [2.05, 4.69) is 14.9 Å². The fraction of sp³-hybridized carbons (Fsp3) is 0.474. The van der Waals surface area contributed by atoms with Gasteiger partial charge in [-0.3, -0.25) is 19.1 Å². The van der Waals surface area contributed by atoms with Crippen molar-refractivity contribution in [3.05, 3.63) is 44.7 Å². The summed E-state index contributed by atoms with van der Waals surface area (Å²) in [7, 11) is -0.253. The Labute approximate surface area is 194 Å². The van der Waals surface area contributed by atoms with Crippen molar-refractivity contribution in [2.24, 2.45) is 0 Å². The number of methoxy groups -OCH3 is 1. The molecule has 0 radical (unpaired) electrons. The number of ketones is 1. The number of pyridine rings is 1. The molecule has 3 N–H and O–H groups in total. The summed E-state index contributed by atoms with van der Waals surface area (Å²) in [5.74, 6) is -0.985. The van der Waals surface area contributed by atoms with E-state index in [-0.39, 0.29) is 35.2 Å². The standard InChI is InChI=1S/C19H26N6O6S2/c1-23-5-7-24(8-6-23)33(29,30)13-3-4-15(21-11-13)32-12-14(26)16-17(20)25(9-10-31-2)19(28)22-18(16)27/h3-4,11H,5-10,12,20H2,1-2H3,(H,22,27,28). The molecule has 3 heterocycles. The van der Waals surface area contributed by atoms with Gasteiger partial charge >= 0.3 is 5.69 Å². The van der Waals surface area contributed by atoms with Crippen molar-refractivity contribution >= 4 is 33.4 Å². The Morgan fingerprint density at radius 3 is 2.55 bits per heavy atom. The van der Waals surface area contributed by atoms with Crippen LogP contribution < -0.4 is 17.0 Å². The number of sulfonamides is 1. The Hall–Kier alpha value is -2.52. The molecule has 14 heteroatoms. The first-order valence-electron chi connectivity index (χ1n) is 10.1. The number of hydrogen-bond donors (Lipinski definition) is 2. The Kier molecular flexibility index (Phi) is 8.07. The number of hydrogen-bond acceptors (Lipinski definition) is 10. The summed E-state index contributed by atoms with van der Waals surface area (Å²) in [6.07, 6.45) is 1.26. The molecule has 0 unspecified atom stereocenters. The predicted octanol–water partition coefficient (Wildman–Crippen LogP) is -0.929. The number of thioether (sulfide) groups is 1. The van der Waals surface area contributed by atoms with E-state index in [9.17, 15) is 22.8 Å². The number of likely N-dealkylation sites (N-methyl/N-ethyl adjacent to an activating group) is 1. The van der Waals surface area contributed by atoms with E-state index in [0.717, 1.165) is 16.3 Å². The van der Waals surface area contributed by atoms with Gasteiger partial charge in [0.1, 0.15) is 16.3 Å². The minimum atomic E-state index is -3.64. The molecule has 2 aromatic rings. The average Bonchev–Trinajstić information content (AvgIpc) is 2.78. The number of aromatic amines is 1. The monoisotopic (exact) mass is 498 g/mol. The number of nitrogens with zero attached hydrogens (tertiary/aromatic N) is 4. The number of nitrogen functional groups attached to an aromatic ring is 1. The normalized spacial score (nSPS) is 15.6. The van der Waals surface area contributed by atoms with Crippen molar-refractivity contribution in [1.29, 1.82) is 0 Å². The Bertz CT molecular complexity index is 1220. The Morgan fingerprint density at radius 2 is 1.94 bits per heavy atom. The highest BCUT2D eigenvalue weighted by Gasteiger charge is 2.27. The van der Waals surface area contributed by atoms with Gasteiger partial charge in [-0.15, -0.1) is 0 Å². The van der Waals surface area contributed by atoms with Crippen molar-refractivity contribution in [1.82, 2.24) is 23.7 Å². The minimum Gasteiger partial charge on any atom is -0.384 e. The first-order chi connectivity index (χ1) is 15.6. The van der Waals surface area contributed by atoms with Gasteiger partial charge in [0.2, 0.25) is 10.0 Å². The van der Waals surface area contributed by atoms with Crippen LogP contribution in [0, 0.1) is 0 Å². The molecule has 1 fully saturated rings. The van der Waals surface area contributed by atoms with E-state index < -0.39 is 27.1 Å². The molecule has 0 spiro atoms. The third-order valence-electron chi connectivity index (χ3n) is 5.20. The maximum Gasteiger partial charge on any atom is 0.330 e. The van der Waals surface area contributed by atoms with E-state index in [0.29, 0.717) is 31.2 Å². The first kappa shape index (κ1) is 25.1. The Morgan fingerprint density at radius 1 is 1.24 bits per heavy atom. The third kappa shape index (κ3) is 5.70. The van der Waals surface area contributed by atoms with Crippen LogP contribution in [0.5, 0.6) is 0 Å². The molecule has 33 heavy (non-hydrogen) atoms. The van der Waals surface area contributed by atoms with Crippen LogP contribution in [0.1, 0.15) is 10.4 Å². The molecule has 0 aromatic carbocycles. The van der Waals surface area contributed by atoms with Gasteiger partial charge in [-0.2, -0.15) is 4.31 Å². The summed E-state index contributed by atoms with van der Waals surface area (Å²) >= 11 is 1.03. The van der Waals surface area contributed by atoms with Crippen LogP contribution in [0.25, 0.3) is 0 Å². The molecule has 0 aliphatic carbocycles. The number of aromatic nitrogens is 3. The number of rotatable bonds is 9. The molecule has 0 amide bonds. The third-order valence-corrected chi connectivity index (χ3v) is 8.02. The number of carbonyl (C=O) groups excluding carboxylic acids is 1. The van der Waals surface area contributed by atoms with E-state index in [4.69, 9.17) is 10.5 Å². The average molecular weight is 499 g/mol. The van der Waals surface area contributed by atoms with Gasteiger partial charge in [0.15, 0.2) is 5.78 Å². The van der Waals surface area contributed by atoms with Crippen LogP contribution in [-0.4, -0.2) is 90.6 Å². The van der Waals surface area contributed by atoms with Crippen LogP contribution in [-0.2, 0) is 21.3 Å². The van der Waals surface area contributed by atoms with Crippen molar-refractivity contribution < 1.29 is 17.9 Å². The predicted molar refractivity (Wildman–Crippen MR) is 123 cm³/mol. The summed E-state index contributed by atoms with van der Waals surface area (Å²) < 4.78 is 33.0. The van der Waals surface area contributed by atoms with Gasteiger partial charge in [-0.1, -0.05) is 11.8 Å². The van der Waals surface area contributed by atoms with Crippen LogP contribution in [0.3, 0.4) is 0 Å². The number of carbonyl (C=O) groups is 1. The lowest BCUT2D eigenvalue weighted by Gasteiger charge is -2.31. The number of H-pyrrole nitrogens is 1. The van der Waals surface area contributed by atoms with Crippen molar-refractivity contribution in [3.63, 3.8) is 0 Å². The SMILES string of the molecule is COCCn1c(N)c(C(=O)CSc2ccc(S(=O)(=O)N3CCN(C)CC3)cn2)c(=O)[nH]c1=O. The van der Waals surface area contributed by atoms with Crippen molar-refractivity contribution in [2.45, 2.75) is 16.5 Å². The molecule has 0 atom stereocenters. The summed E-state index contributed by atoms with van der Waals surface area (Å²) in [6.45, 7) is 2.38. The molecule has 180 valence electrons. The molecule has 2 aromatic heterocycles. The van der Waals surface area contributed by atoms with Gasteiger partial charge in [-0.25, -0.2) is 18.2 Å². The maximum atomic E-state index is 12.8. The number of nitrogens with one attached hydrogen (secondary N) is 1. The zero-order valence-electron chi connectivity index (χ0n) is 18.3. The fourth-order valence-electron chi connectivity index (χ4n) is 3.26. The molecule has 1 aliphatic heterocycles. The summed E-state index contributed by atoms with van der Waals surface area (Å²) in [4.78, 5) is 45.1. The Balaban J connectivity index is 1.70. The quantitative estimate of drug-likeness (QED) is 0.326. The van der Waals surface area contributed by atoms with Gasteiger partial charge in [0.05, 0.1) is 23.9 Å². The largest absolute Gasteiger partial charge is 0.384 e. The lowest BCUT2D eigenvalue weighted by molar-refractivity contribution is 0.102. The lowest BCUT2D eigenvalue weighted by atomic mass is 10.2. The van der Waals surface area contributed by atoms with Gasteiger partial charge in [-0.05, 0) is 19.2 Å². The zero-order chi connectivity index (χ0) is 24.2. The molecule has 1 saturated heterocycles. The van der Waals surface area contributed by atoms with Gasteiger partial charge in [0.25, 0.3) is 5.56 Å². The molecule has 1 aliphatic rings. The summed E-state index contributed by atoms with van der Waals surface area (Å²) in [5, 5.41) is 0.406. The first-order valence-corrected chi connectivity index (χ1v) is 12.5. The van der Waals surface area contributed by atoms with Crippen LogP contribution >= 0.6 is 11.8 Å². The van der Waals surface area contributed by atoms with E-state index in [1.54, 1.807) is 0 Å². The fourth-order valence-corrected chi connectivity index (χ4v) is 5.34. The second-order valence-electron chi connectivity index (χ2n) is 7.42. The molecule has 0 saturated carbocycles. The molecule has 12 nitrogen and oxygen atoms in total. The highest BCUT2D eigenvalue weighted by molar-refractivity contribution is 7.99. The highest BCUT2D eigenvalue weighted by Crippen LogP contribution is 2.21. The summed E-state index contributed by atoms with van der Waals surface area (Å²) in [5.41, 5.74) is 4.01. The lowest BCUT2D eigenvalue weighted by Crippen LogP contribution is -2.47. The number of piperazine rings is 1. The molecular formula is C19H26N6O6S2. The van der Waals surface area contributed by atoms with Crippen LogP contribution in [0.15, 0.2) is 37.8 Å². The molecule has 3 rings (SSSR count). The molecular weight excluding hydrogens is 472 g/mol. The number of nitrogens with two attached hydrogens (primary N) is 1. The second kappa shape index (κ2) is 10.6. The van der Waals surface area contributed by atoms with Gasteiger partial charge < -0.3 is 15.4 Å². The van der Waals surface area contributed by atoms with E-state index in [1.807, 2.05) is 7.05 Å². The van der Waals surface area contributed by atoms with E-state index in [1.165, 1.54) is 29.7 Å². The van der Waals surface area contributed by atoms with E-state index >= 15 is 0 Å². The number of anilines is 1.